The van der Waals surface area contributed by atoms with E-state index in [0.29, 0.717) is 6.42 Å². The molecule has 0 saturated carbocycles. The first-order chi connectivity index (χ1) is 8.72. The molecule has 0 aromatic carbocycles. The molecule has 0 heterocycles. The van der Waals surface area contributed by atoms with Crippen LogP contribution >= 0.6 is 0 Å². The smallest absolute Gasteiger partial charge is 0.358 e. The zero-order valence-corrected chi connectivity index (χ0v) is 20.4. The Morgan fingerprint density at radius 1 is 0.955 bits per heavy atom. The van der Waals surface area contributed by atoms with Crippen LogP contribution in [0.3, 0.4) is 0 Å². The normalized spacial score (nSPS) is 12.5. The first-order valence-electron chi connectivity index (χ1n) is 7.78. The summed E-state index contributed by atoms with van der Waals surface area (Å²) in [5.41, 5.74) is 0.458. The Labute approximate surface area is 183 Å². The van der Waals surface area contributed by atoms with E-state index in [2.05, 4.69) is 67.6 Å². The Balaban J connectivity index is -0.00000180. The summed E-state index contributed by atoms with van der Waals surface area (Å²) in [5.74, 6) is 1.60. The van der Waals surface area contributed by atoms with E-state index >= 15 is 0 Å². The van der Waals surface area contributed by atoms with Crippen LogP contribution in [0, 0.1) is 29.6 Å². The molecule has 0 fully saturated rings. The van der Waals surface area contributed by atoms with Crippen molar-refractivity contribution in [3.05, 3.63) is 13.3 Å². The Kier molecular flexibility index (Phi) is 13.8. The van der Waals surface area contributed by atoms with Crippen LogP contribution in [0.2, 0.25) is 0 Å². The van der Waals surface area contributed by atoms with E-state index in [1.54, 1.807) is 0 Å². The van der Waals surface area contributed by atoms with Gasteiger partial charge in [-0.05, 0) is 22.7 Å². The van der Waals surface area contributed by atoms with E-state index < -0.39 is 0 Å². The molecule has 0 aliphatic rings. The summed E-state index contributed by atoms with van der Waals surface area (Å²) in [5, 5.41) is 3.12. The Morgan fingerprint density at radius 2 is 1.41 bits per heavy atom. The molecule has 1 amide bonds. The summed E-state index contributed by atoms with van der Waals surface area (Å²) in [7, 11) is 0. The SMILES string of the molecule is C[C-](C)CC(C)(C)CNC(=O)CC(C)(C)CC(C)(C)C.[CH3-].[K+]. The molecule has 0 aliphatic heterocycles. The molecule has 0 radical (unpaired) electrons. The largest absolute Gasteiger partial charge is 1.00 e. The van der Waals surface area contributed by atoms with Crippen LogP contribution in [0.15, 0.2) is 0 Å². The third-order valence-corrected chi connectivity index (χ3v) is 3.24. The molecule has 0 aromatic heterocycles. The average molecular weight is 337 g/mol. The molecule has 3 heteroatoms. The molecule has 2 nitrogen and oxygen atoms in total. The van der Waals surface area contributed by atoms with Gasteiger partial charge in [0.15, 0.2) is 0 Å². The first-order valence-corrected chi connectivity index (χ1v) is 7.78. The second-order valence-corrected chi connectivity index (χ2v) is 9.40. The minimum atomic E-state index is 0. The molecule has 0 atom stereocenters. The van der Waals surface area contributed by atoms with Crippen molar-refractivity contribution in [1.29, 1.82) is 0 Å². The van der Waals surface area contributed by atoms with Gasteiger partial charge in [0.05, 0.1) is 0 Å². The summed E-state index contributed by atoms with van der Waals surface area (Å²) in [6.45, 7) is 20.5. The van der Waals surface area contributed by atoms with E-state index in [1.165, 1.54) is 5.92 Å². The van der Waals surface area contributed by atoms with E-state index in [0.717, 1.165) is 19.4 Å². The molecule has 0 aromatic rings. The Hall–Kier alpha value is 1.11. The third-order valence-electron chi connectivity index (χ3n) is 3.24. The Bertz CT molecular complexity index is 314. The van der Waals surface area contributed by atoms with E-state index in [4.69, 9.17) is 0 Å². The van der Waals surface area contributed by atoms with Gasteiger partial charge in [-0.15, -0.1) is 0 Å². The summed E-state index contributed by atoms with van der Waals surface area (Å²) in [4.78, 5) is 12.2. The molecule has 0 spiro atoms. The van der Waals surface area contributed by atoms with Crippen LogP contribution in [0.4, 0.5) is 0 Å². The van der Waals surface area contributed by atoms with Gasteiger partial charge in [-0.3, -0.25) is 4.79 Å². The number of rotatable bonds is 7. The van der Waals surface area contributed by atoms with Crippen molar-refractivity contribution in [1.82, 2.24) is 5.32 Å². The molecular formula is C19H39KNO-. The summed E-state index contributed by atoms with van der Waals surface area (Å²) < 4.78 is 0. The van der Waals surface area contributed by atoms with Gasteiger partial charge in [-0.2, -0.15) is 20.3 Å². The summed E-state index contributed by atoms with van der Waals surface area (Å²) in [6.07, 6.45) is 2.71. The zero-order valence-electron chi connectivity index (χ0n) is 17.2. The third kappa shape index (κ3) is 16.0. The number of amides is 1. The predicted molar refractivity (Wildman–Crippen MR) is 94.9 cm³/mol. The van der Waals surface area contributed by atoms with Crippen molar-refractivity contribution in [2.45, 2.75) is 81.6 Å². The average Bonchev–Trinajstić information content (AvgIpc) is 2.07. The molecule has 0 unspecified atom stereocenters. The molecule has 0 aliphatic carbocycles. The summed E-state index contributed by atoms with van der Waals surface area (Å²) >= 11 is 0. The second kappa shape index (κ2) is 10.9. The van der Waals surface area contributed by atoms with Gasteiger partial charge in [0.1, 0.15) is 0 Å². The first kappa shape index (κ1) is 27.9. The number of hydrogen-bond donors (Lipinski definition) is 1. The van der Waals surface area contributed by atoms with E-state index in [-0.39, 0.29) is 81.0 Å². The molecule has 0 rings (SSSR count). The van der Waals surface area contributed by atoms with Crippen molar-refractivity contribution in [3.63, 3.8) is 0 Å². The summed E-state index contributed by atoms with van der Waals surface area (Å²) in [6, 6.07) is 0. The second-order valence-electron chi connectivity index (χ2n) is 9.40. The number of carbonyl (C=O) groups is 1. The van der Waals surface area contributed by atoms with Crippen LogP contribution in [-0.4, -0.2) is 12.5 Å². The number of nitrogens with one attached hydrogen (secondary N) is 1. The van der Waals surface area contributed by atoms with Gasteiger partial charge in [-0.25, -0.2) is 0 Å². The minimum absolute atomic E-state index is 0. The zero-order chi connectivity index (χ0) is 16.2. The fourth-order valence-electron chi connectivity index (χ4n) is 3.35. The van der Waals surface area contributed by atoms with Gasteiger partial charge in [0.25, 0.3) is 0 Å². The van der Waals surface area contributed by atoms with E-state index in [9.17, 15) is 4.79 Å². The van der Waals surface area contributed by atoms with Crippen molar-refractivity contribution >= 4 is 5.91 Å². The number of hydrogen-bond acceptors (Lipinski definition) is 1. The van der Waals surface area contributed by atoms with Gasteiger partial charge in [0, 0.05) is 13.0 Å². The maximum atomic E-state index is 12.2. The van der Waals surface area contributed by atoms with Crippen molar-refractivity contribution in [3.8, 4) is 0 Å². The van der Waals surface area contributed by atoms with Crippen LogP contribution in [0.1, 0.15) is 81.6 Å². The molecule has 22 heavy (non-hydrogen) atoms. The molecule has 0 saturated heterocycles. The Morgan fingerprint density at radius 3 is 1.77 bits per heavy atom. The number of carbonyl (C=O) groups excluding carboxylic acids is 1. The molecule has 128 valence electrons. The molecule has 1 N–H and O–H groups in total. The van der Waals surface area contributed by atoms with Crippen LogP contribution in [0.25, 0.3) is 0 Å². The van der Waals surface area contributed by atoms with Gasteiger partial charge >= 0.3 is 51.4 Å². The van der Waals surface area contributed by atoms with Gasteiger partial charge in [-0.1, -0.05) is 48.5 Å². The maximum Gasteiger partial charge on any atom is 1.00 e. The van der Waals surface area contributed by atoms with Gasteiger partial charge in [0.2, 0.25) is 5.91 Å². The van der Waals surface area contributed by atoms with Crippen LogP contribution in [0.5, 0.6) is 0 Å². The molecule has 0 bridgehead atoms. The predicted octanol–water partition coefficient (Wildman–Crippen LogP) is 2.44. The van der Waals surface area contributed by atoms with Crippen molar-refractivity contribution in [2.24, 2.45) is 16.2 Å². The van der Waals surface area contributed by atoms with Gasteiger partial charge < -0.3 is 18.7 Å². The van der Waals surface area contributed by atoms with Crippen molar-refractivity contribution in [2.75, 3.05) is 6.54 Å². The topological polar surface area (TPSA) is 29.1 Å². The standard InChI is InChI=1S/C18H36NO.CH3.K/c1-14(2)10-18(8,9)13-19-15(20)11-17(6,7)12-16(3,4)5;;/h10-13H2,1-9H3,(H,19,20);1H3;/q2*-1;+1. The quantitative estimate of drug-likeness (QED) is 0.561. The molecular weight excluding hydrogens is 297 g/mol. The minimum Gasteiger partial charge on any atom is -0.358 e. The van der Waals surface area contributed by atoms with Crippen LogP contribution < -0.4 is 56.7 Å². The van der Waals surface area contributed by atoms with Crippen LogP contribution in [-0.2, 0) is 4.79 Å². The van der Waals surface area contributed by atoms with E-state index in [1.807, 2.05) is 0 Å². The van der Waals surface area contributed by atoms with Crippen molar-refractivity contribution < 1.29 is 56.2 Å². The fourth-order valence-corrected chi connectivity index (χ4v) is 3.35. The fraction of sp³-hybridized carbons (Fsp3) is 0.842. The monoisotopic (exact) mass is 336 g/mol. The maximum absolute atomic E-state index is 12.2.